The molecule has 39 heavy (non-hydrogen) atoms. The lowest BCUT2D eigenvalue weighted by Gasteiger charge is -2.41. The second kappa shape index (κ2) is 11.2. The molecule has 4 heterocycles. The Morgan fingerprint density at radius 3 is 2.41 bits per heavy atom. The van der Waals surface area contributed by atoms with Crippen LogP contribution in [0, 0.1) is 5.82 Å². The molecule has 0 saturated carbocycles. The van der Waals surface area contributed by atoms with Crippen LogP contribution in [0.15, 0.2) is 30.3 Å². The number of benzene rings is 1. The Morgan fingerprint density at radius 2 is 1.79 bits per heavy atom. The van der Waals surface area contributed by atoms with Crippen LogP contribution < -0.4 is 9.62 Å². The molecule has 1 amide bonds. The molecule has 0 bridgehead atoms. The van der Waals surface area contributed by atoms with E-state index in [1.807, 2.05) is 13.8 Å². The van der Waals surface area contributed by atoms with E-state index in [9.17, 15) is 17.6 Å². The van der Waals surface area contributed by atoms with E-state index >= 15 is 0 Å². The molecule has 0 spiro atoms. The number of anilines is 1. The number of rotatable bonds is 7. The molecule has 5 rings (SSSR count). The third-order valence-electron chi connectivity index (χ3n) is 7.49. The number of carbonyl (C=O) groups excluding carboxylic acids is 1. The summed E-state index contributed by atoms with van der Waals surface area (Å²) in [5.74, 6) is -1.35. The Balaban J connectivity index is 1.60. The zero-order chi connectivity index (χ0) is 27.7. The van der Waals surface area contributed by atoms with Crippen molar-refractivity contribution in [2.24, 2.45) is 0 Å². The van der Waals surface area contributed by atoms with Crippen LogP contribution >= 0.6 is 0 Å². The van der Waals surface area contributed by atoms with Crippen molar-refractivity contribution in [1.29, 1.82) is 0 Å². The van der Waals surface area contributed by atoms with Crippen molar-refractivity contribution in [2.45, 2.75) is 45.6 Å². The average Bonchev–Trinajstić information content (AvgIpc) is 3.33. The number of nitrogens with zero attached hydrogens (tertiary/aromatic N) is 5. The van der Waals surface area contributed by atoms with E-state index in [1.54, 1.807) is 22.9 Å². The maximum atomic E-state index is 13.7. The van der Waals surface area contributed by atoms with Crippen LogP contribution in [0.3, 0.4) is 0 Å². The number of hydrogen-bond donors (Lipinski definition) is 1. The highest BCUT2D eigenvalue weighted by molar-refractivity contribution is 7.90. The molecule has 12 heteroatoms. The first-order valence-electron chi connectivity index (χ1n) is 13.5. The van der Waals surface area contributed by atoms with Crippen molar-refractivity contribution in [3.05, 3.63) is 47.5 Å². The number of carbonyl (C=O) groups is 1. The van der Waals surface area contributed by atoms with Crippen molar-refractivity contribution in [2.75, 3.05) is 50.0 Å². The molecule has 3 aromatic rings. The second-order valence-corrected chi connectivity index (χ2v) is 12.4. The summed E-state index contributed by atoms with van der Waals surface area (Å²) < 4.78 is 47.4. The van der Waals surface area contributed by atoms with Crippen molar-refractivity contribution in [3.8, 4) is 5.69 Å². The SMILES string of the molecule is CCS(=O)(=O)NC(=O)c1cc(N2CCC(N3CCOCC3)CC2)c2c(C(C)C)nn(-c3ccc(F)cc3)c2n1. The van der Waals surface area contributed by atoms with E-state index in [1.165, 1.54) is 19.1 Å². The number of piperidine rings is 1. The first kappa shape index (κ1) is 27.5. The molecule has 10 nitrogen and oxygen atoms in total. The Kier molecular flexibility index (Phi) is 7.88. The van der Waals surface area contributed by atoms with E-state index in [2.05, 4.69) is 19.5 Å². The second-order valence-electron chi connectivity index (χ2n) is 10.4. The Labute approximate surface area is 228 Å². The Hall–Kier alpha value is -3.09. The predicted octanol–water partition coefficient (Wildman–Crippen LogP) is 3.06. The fourth-order valence-corrected chi connectivity index (χ4v) is 5.87. The van der Waals surface area contributed by atoms with Gasteiger partial charge in [0.2, 0.25) is 10.0 Å². The first-order chi connectivity index (χ1) is 18.7. The van der Waals surface area contributed by atoms with E-state index in [4.69, 9.17) is 9.84 Å². The van der Waals surface area contributed by atoms with Crippen LogP contribution in [-0.4, -0.2) is 85.2 Å². The lowest BCUT2D eigenvalue weighted by Crippen LogP contribution is -2.49. The molecular formula is C27H35FN6O4S. The summed E-state index contributed by atoms with van der Waals surface area (Å²) >= 11 is 0. The van der Waals surface area contributed by atoms with E-state index in [-0.39, 0.29) is 23.2 Å². The number of ether oxygens (including phenoxy) is 1. The summed E-state index contributed by atoms with van der Waals surface area (Å²) in [7, 11) is -3.79. The first-order valence-corrected chi connectivity index (χ1v) is 15.1. The molecule has 0 aliphatic carbocycles. The smallest absolute Gasteiger partial charge is 0.283 e. The third-order valence-corrected chi connectivity index (χ3v) is 8.75. The van der Waals surface area contributed by atoms with Crippen LogP contribution in [0.1, 0.15) is 55.7 Å². The van der Waals surface area contributed by atoms with E-state index in [0.717, 1.165) is 69.0 Å². The third kappa shape index (κ3) is 5.78. The summed E-state index contributed by atoms with van der Waals surface area (Å²) in [5, 5.41) is 5.67. The van der Waals surface area contributed by atoms with Gasteiger partial charge in [0.1, 0.15) is 11.5 Å². The van der Waals surface area contributed by atoms with Gasteiger partial charge in [-0.1, -0.05) is 13.8 Å². The van der Waals surface area contributed by atoms with Gasteiger partial charge in [-0.05, 0) is 56.0 Å². The van der Waals surface area contributed by atoms with Crippen molar-refractivity contribution < 1.29 is 22.3 Å². The van der Waals surface area contributed by atoms with Crippen molar-refractivity contribution >= 4 is 32.7 Å². The monoisotopic (exact) mass is 558 g/mol. The average molecular weight is 559 g/mol. The van der Waals surface area contributed by atoms with Gasteiger partial charge in [-0.15, -0.1) is 0 Å². The quantitative estimate of drug-likeness (QED) is 0.471. The Morgan fingerprint density at radius 1 is 1.13 bits per heavy atom. The number of aromatic nitrogens is 3. The number of halogens is 1. The molecule has 2 saturated heterocycles. The molecule has 2 fully saturated rings. The number of nitrogens with one attached hydrogen (secondary N) is 1. The molecular weight excluding hydrogens is 523 g/mol. The zero-order valence-corrected chi connectivity index (χ0v) is 23.4. The largest absolute Gasteiger partial charge is 0.379 e. The maximum absolute atomic E-state index is 13.7. The summed E-state index contributed by atoms with van der Waals surface area (Å²) in [6.45, 7) is 10.5. The highest BCUT2D eigenvalue weighted by Gasteiger charge is 2.30. The summed E-state index contributed by atoms with van der Waals surface area (Å²) in [5.41, 5.74) is 2.62. The van der Waals surface area contributed by atoms with E-state index in [0.29, 0.717) is 17.4 Å². The fourth-order valence-electron chi connectivity index (χ4n) is 5.34. The highest BCUT2D eigenvalue weighted by atomic mass is 32.2. The highest BCUT2D eigenvalue weighted by Crippen LogP contribution is 2.36. The molecule has 210 valence electrons. The van der Waals surface area contributed by atoms with Gasteiger partial charge in [0.15, 0.2) is 5.65 Å². The topological polar surface area (TPSA) is 110 Å². The minimum Gasteiger partial charge on any atom is -0.379 e. The van der Waals surface area contributed by atoms with Gasteiger partial charge in [-0.3, -0.25) is 9.69 Å². The molecule has 2 aliphatic heterocycles. The van der Waals surface area contributed by atoms with Gasteiger partial charge in [0, 0.05) is 32.2 Å². The van der Waals surface area contributed by atoms with Gasteiger partial charge in [0.25, 0.3) is 5.91 Å². The van der Waals surface area contributed by atoms with Gasteiger partial charge >= 0.3 is 0 Å². The van der Waals surface area contributed by atoms with E-state index < -0.39 is 15.9 Å². The maximum Gasteiger partial charge on any atom is 0.283 e. The number of morpholine rings is 1. The van der Waals surface area contributed by atoms with Crippen LogP contribution in [0.2, 0.25) is 0 Å². The van der Waals surface area contributed by atoms with Crippen LogP contribution in [0.4, 0.5) is 10.1 Å². The number of amides is 1. The van der Waals surface area contributed by atoms with Gasteiger partial charge in [-0.25, -0.2) is 27.2 Å². The number of hydrogen-bond acceptors (Lipinski definition) is 8. The predicted molar refractivity (Wildman–Crippen MR) is 147 cm³/mol. The summed E-state index contributed by atoms with van der Waals surface area (Å²) in [4.78, 5) is 22.5. The standard InChI is InChI=1S/C27H35FN6O4S/c1-4-39(36,37)31-27(35)22-17-23(33-11-9-20(10-12-33)32-13-15-38-16-14-32)24-25(18(2)3)30-34(26(24)29-22)21-7-5-19(28)6-8-21/h5-8,17-18,20H,4,9-16H2,1-3H3,(H,31,35). The van der Waals surface area contributed by atoms with Gasteiger partial charge in [0.05, 0.1) is 41.4 Å². The minimum absolute atomic E-state index is 0.0107. The van der Waals surface area contributed by atoms with Crippen LogP contribution in [-0.2, 0) is 14.8 Å². The molecule has 1 N–H and O–H groups in total. The summed E-state index contributed by atoms with van der Waals surface area (Å²) in [6.07, 6.45) is 1.91. The number of pyridine rings is 1. The van der Waals surface area contributed by atoms with Crippen molar-refractivity contribution in [1.82, 2.24) is 24.4 Å². The molecule has 0 radical (unpaired) electrons. The van der Waals surface area contributed by atoms with Crippen LogP contribution in [0.5, 0.6) is 0 Å². The molecule has 2 aliphatic rings. The fraction of sp³-hybridized carbons (Fsp3) is 0.519. The minimum atomic E-state index is -3.79. The number of sulfonamides is 1. The van der Waals surface area contributed by atoms with Gasteiger partial charge < -0.3 is 9.64 Å². The number of fused-ring (bicyclic) bond motifs is 1. The lowest BCUT2D eigenvalue weighted by molar-refractivity contribution is 0.0115. The normalized spacial score (nSPS) is 17.7. The van der Waals surface area contributed by atoms with Gasteiger partial charge in [-0.2, -0.15) is 5.10 Å². The molecule has 1 aromatic carbocycles. The molecule has 2 aromatic heterocycles. The zero-order valence-electron chi connectivity index (χ0n) is 22.6. The lowest BCUT2D eigenvalue weighted by atomic mass is 10.00. The molecule has 0 atom stereocenters. The van der Waals surface area contributed by atoms with Crippen molar-refractivity contribution in [3.63, 3.8) is 0 Å². The Bertz CT molecular complexity index is 1440. The molecule has 0 unspecified atom stereocenters. The van der Waals surface area contributed by atoms with Crippen LogP contribution in [0.25, 0.3) is 16.7 Å². The summed E-state index contributed by atoms with van der Waals surface area (Å²) in [6, 6.07) is 8.05.